The van der Waals surface area contributed by atoms with Gasteiger partial charge in [0.1, 0.15) is 0 Å². The van der Waals surface area contributed by atoms with Crippen molar-refractivity contribution in [3.63, 3.8) is 0 Å². The molecule has 7 heteroatoms. The minimum atomic E-state index is 0.121. The van der Waals surface area contributed by atoms with Gasteiger partial charge < -0.3 is 5.32 Å². The summed E-state index contributed by atoms with van der Waals surface area (Å²) >= 11 is 14.5. The Morgan fingerprint density at radius 2 is 2.00 bits per heavy atom. The maximum absolute atomic E-state index is 12.7. The van der Waals surface area contributed by atoms with E-state index in [1.165, 1.54) is 11.3 Å². The zero-order valence-electron chi connectivity index (χ0n) is 19.7. The quantitative estimate of drug-likeness (QED) is 0.328. The number of nitrogens with one attached hydrogen (secondary N) is 1. The van der Waals surface area contributed by atoms with Crippen molar-refractivity contribution >= 4 is 46.5 Å². The van der Waals surface area contributed by atoms with Crippen molar-refractivity contribution in [3.8, 4) is 16.3 Å². The average molecular weight is 517 g/mol. The molecule has 0 saturated heterocycles. The summed E-state index contributed by atoms with van der Waals surface area (Å²) in [5.41, 5.74) is 3.65. The van der Waals surface area contributed by atoms with Gasteiger partial charge in [0.05, 0.1) is 33.5 Å². The standard InChI is InChI=1S/C27H31Cl2N3OS/c1-3-4-6-11-21-13-15-25(34-21)26-18(2)23(17-30-27(33)19-9-7-5-8-10-19)31-32(26)24-14-12-20(28)16-22(24)29/h6,11-16,19H,3-5,7-10,17H2,1-2H3,(H,30,33). The molecule has 0 unspecified atom stereocenters. The fraction of sp³-hybridized carbons (Fsp3) is 0.407. The van der Waals surface area contributed by atoms with Crippen molar-refractivity contribution in [2.75, 3.05) is 0 Å². The van der Waals surface area contributed by atoms with Crippen molar-refractivity contribution in [1.29, 1.82) is 0 Å². The van der Waals surface area contributed by atoms with E-state index < -0.39 is 0 Å². The Morgan fingerprint density at radius 3 is 2.74 bits per heavy atom. The molecule has 34 heavy (non-hydrogen) atoms. The SMILES string of the molecule is CCCC=Cc1ccc(-c2c(C)c(CNC(=O)C3CCCCC3)nn2-c2ccc(Cl)cc2Cl)s1. The first-order valence-electron chi connectivity index (χ1n) is 12.1. The zero-order chi connectivity index (χ0) is 24.1. The van der Waals surface area contributed by atoms with E-state index in [1.807, 2.05) is 16.8 Å². The Morgan fingerprint density at radius 1 is 1.21 bits per heavy atom. The Hall–Kier alpha value is -2.08. The molecule has 0 atom stereocenters. The van der Waals surface area contributed by atoms with E-state index in [0.29, 0.717) is 16.6 Å². The van der Waals surface area contributed by atoms with Gasteiger partial charge in [0.15, 0.2) is 0 Å². The molecule has 1 amide bonds. The Labute approximate surface area is 216 Å². The van der Waals surface area contributed by atoms with E-state index in [1.54, 1.807) is 17.4 Å². The van der Waals surface area contributed by atoms with Crippen LogP contribution in [-0.4, -0.2) is 15.7 Å². The fourth-order valence-corrected chi connectivity index (χ4v) is 5.96. The molecule has 0 aliphatic heterocycles. The van der Waals surface area contributed by atoms with Gasteiger partial charge in [-0.2, -0.15) is 5.10 Å². The minimum absolute atomic E-state index is 0.121. The van der Waals surface area contributed by atoms with Crippen LogP contribution < -0.4 is 5.32 Å². The third-order valence-corrected chi connectivity index (χ3v) is 7.96. The first kappa shape index (κ1) is 25.0. The third-order valence-electron chi connectivity index (χ3n) is 6.36. The number of rotatable bonds is 8. The van der Waals surface area contributed by atoms with Crippen LogP contribution >= 0.6 is 34.5 Å². The average Bonchev–Trinajstić information content (AvgIpc) is 3.42. The first-order valence-corrected chi connectivity index (χ1v) is 13.6. The summed E-state index contributed by atoms with van der Waals surface area (Å²) < 4.78 is 1.89. The molecular formula is C27H31Cl2N3OS. The highest BCUT2D eigenvalue weighted by atomic mass is 35.5. The Bertz CT molecular complexity index is 1170. The first-order chi connectivity index (χ1) is 16.5. The van der Waals surface area contributed by atoms with E-state index in [-0.39, 0.29) is 11.8 Å². The number of nitrogens with zero attached hydrogens (tertiary/aromatic N) is 2. The van der Waals surface area contributed by atoms with Crippen LogP contribution in [0.2, 0.25) is 10.0 Å². The van der Waals surface area contributed by atoms with Crippen LogP contribution in [-0.2, 0) is 11.3 Å². The van der Waals surface area contributed by atoms with Gasteiger partial charge >= 0.3 is 0 Å². The van der Waals surface area contributed by atoms with Gasteiger partial charge in [0, 0.05) is 21.4 Å². The summed E-state index contributed by atoms with van der Waals surface area (Å²) in [5.74, 6) is 0.260. The monoisotopic (exact) mass is 515 g/mol. The third kappa shape index (κ3) is 5.76. The van der Waals surface area contributed by atoms with Crippen molar-refractivity contribution in [2.24, 2.45) is 5.92 Å². The molecule has 1 N–H and O–H groups in total. The van der Waals surface area contributed by atoms with Gasteiger partial charge in [-0.3, -0.25) is 4.79 Å². The molecule has 1 aliphatic carbocycles. The van der Waals surface area contributed by atoms with Crippen LogP contribution in [0.1, 0.15) is 68.0 Å². The number of carbonyl (C=O) groups is 1. The van der Waals surface area contributed by atoms with Crippen molar-refractivity contribution < 1.29 is 4.79 Å². The molecule has 1 fully saturated rings. The fourth-order valence-electron chi connectivity index (χ4n) is 4.44. The minimum Gasteiger partial charge on any atom is -0.350 e. The summed E-state index contributed by atoms with van der Waals surface area (Å²) in [5, 5.41) is 9.17. The predicted molar refractivity (Wildman–Crippen MR) is 144 cm³/mol. The maximum Gasteiger partial charge on any atom is 0.223 e. The van der Waals surface area contributed by atoms with E-state index in [4.69, 9.17) is 28.3 Å². The van der Waals surface area contributed by atoms with Gasteiger partial charge in [-0.15, -0.1) is 11.3 Å². The number of halogens is 2. The normalized spacial score (nSPS) is 14.7. The molecule has 0 radical (unpaired) electrons. The van der Waals surface area contributed by atoms with Crippen LogP contribution in [0.4, 0.5) is 0 Å². The molecule has 0 bridgehead atoms. The molecule has 1 saturated carbocycles. The van der Waals surface area contributed by atoms with Crippen LogP contribution in [0, 0.1) is 12.8 Å². The number of allylic oxidation sites excluding steroid dienone is 1. The summed E-state index contributed by atoms with van der Waals surface area (Å²) in [6.45, 7) is 4.65. The highest BCUT2D eigenvalue weighted by Crippen LogP contribution is 2.36. The van der Waals surface area contributed by atoms with Gasteiger partial charge in [0.25, 0.3) is 0 Å². The van der Waals surface area contributed by atoms with Gasteiger partial charge in [0.2, 0.25) is 5.91 Å². The number of hydrogen-bond acceptors (Lipinski definition) is 3. The van der Waals surface area contributed by atoms with E-state index in [9.17, 15) is 4.79 Å². The summed E-state index contributed by atoms with van der Waals surface area (Å²) in [6.07, 6.45) is 12.0. The lowest BCUT2D eigenvalue weighted by Crippen LogP contribution is -2.31. The lowest BCUT2D eigenvalue weighted by molar-refractivity contribution is -0.126. The molecule has 4 rings (SSSR count). The number of aromatic nitrogens is 2. The molecular weight excluding hydrogens is 485 g/mol. The largest absolute Gasteiger partial charge is 0.350 e. The Balaban J connectivity index is 1.67. The number of unbranched alkanes of at least 4 members (excludes halogenated alkanes) is 1. The summed E-state index contributed by atoms with van der Waals surface area (Å²) in [4.78, 5) is 15.1. The molecule has 4 nitrogen and oxygen atoms in total. The second kappa shape index (κ2) is 11.6. The number of amides is 1. The number of hydrogen-bond donors (Lipinski definition) is 1. The number of carbonyl (C=O) groups excluding carboxylic acids is 1. The van der Waals surface area contributed by atoms with Gasteiger partial charge in [-0.1, -0.05) is 61.9 Å². The highest BCUT2D eigenvalue weighted by Gasteiger charge is 2.23. The Kier molecular flexibility index (Phi) is 8.51. The van der Waals surface area contributed by atoms with Crippen molar-refractivity contribution in [2.45, 2.75) is 65.3 Å². The number of thiophene rings is 1. The van der Waals surface area contributed by atoms with Crippen LogP contribution in [0.25, 0.3) is 22.3 Å². The zero-order valence-corrected chi connectivity index (χ0v) is 22.1. The van der Waals surface area contributed by atoms with Crippen LogP contribution in [0.5, 0.6) is 0 Å². The molecule has 0 spiro atoms. The maximum atomic E-state index is 12.7. The predicted octanol–water partition coefficient (Wildman–Crippen LogP) is 8.23. The molecule has 1 aromatic carbocycles. The van der Waals surface area contributed by atoms with Crippen molar-refractivity contribution in [3.05, 3.63) is 62.6 Å². The van der Waals surface area contributed by atoms with E-state index in [0.717, 1.165) is 66.0 Å². The van der Waals surface area contributed by atoms with Crippen LogP contribution in [0.15, 0.2) is 36.4 Å². The topological polar surface area (TPSA) is 46.9 Å². The molecule has 2 aromatic heterocycles. The second-order valence-electron chi connectivity index (χ2n) is 8.87. The highest BCUT2D eigenvalue weighted by molar-refractivity contribution is 7.16. The van der Waals surface area contributed by atoms with E-state index >= 15 is 0 Å². The van der Waals surface area contributed by atoms with Crippen LogP contribution in [0.3, 0.4) is 0 Å². The van der Waals surface area contributed by atoms with Gasteiger partial charge in [-0.25, -0.2) is 4.68 Å². The van der Waals surface area contributed by atoms with E-state index in [2.05, 4.69) is 43.4 Å². The lowest BCUT2D eigenvalue weighted by Gasteiger charge is -2.20. The molecule has 2 heterocycles. The molecule has 3 aromatic rings. The summed E-state index contributed by atoms with van der Waals surface area (Å²) in [7, 11) is 0. The smallest absolute Gasteiger partial charge is 0.223 e. The lowest BCUT2D eigenvalue weighted by atomic mass is 9.88. The number of benzene rings is 1. The summed E-state index contributed by atoms with van der Waals surface area (Å²) in [6, 6.07) is 9.71. The molecule has 1 aliphatic rings. The molecule has 180 valence electrons. The second-order valence-corrected chi connectivity index (χ2v) is 10.8. The van der Waals surface area contributed by atoms with Gasteiger partial charge in [-0.05, 0) is 62.6 Å². The van der Waals surface area contributed by atoms with Crippen molar-refractivity contribution in [1.82, 2.24) is 15.1 Å².